The largest absolute Gasteiger partial charge is 0.377 e. The molecule has 0 radical (unpaired) electrons. The van der Waals surface area contributed by atoms with Crippen LogP contribution in [0.1, 0.15) is 22.5 Å². The zero-order valence-electron chi connectivity index (χ0n) is 16.4. The third kappa shape index (κ3) is 3.98. The van der Waals surface area contributed by atoms with Gasteiger partial charge in [-0.1, -0.05) is 11.8 Å². The molecule has 3 N–H and O–H groups in total. The van der Waals surface area contributed by atoms with Crippen LogP contribution in [0.4, 0.5) is 10.1 Å². The Morgan fingerprint density at radius 1 is 1.33 bits per heavy atom. The Balaban J connectivity index is 1.63. The number of nitrogens with one attached hydrogen (secondary N) is 1. The molecule has 30 heavy (non-hydrogen) atoms. The monoisotopic (exact) mass is 408 g/mol. The number of nitrogens with zero attached hydrogens (tertiary/aromatic N) is 2. The number of hydrogen-bond donors (Lipinski definition) is 2. The van der Waals surface area contributed by atoms with Gasteiger partial charge in [0.05, 0.1) is 30.6 Å². The van der Waals surface area contributed by atoms with Crippen LogP contribution in [0.2, 0.25) is 0 Å². The predicted molar refractivity (Wildman–Crippen MR) is 109 cm³/mol. The molecule has 3 heterocycles. The standard InChI is InChI=1S/C22H21FN4O3/c1-27-9-8-14(22(27)29)4-2-13-3-5-17(23)16(10-13)18-6-7-19(20(26-18)21(24)28)25-15-11-30-12-15/h3,5-7,10,14-15,25H,8-9,11-12H2,1H3,(H2,24,28). The number of benzene rings is 1. The summed E-state index contributed by atoms with van der Waals surface area (Å²) < 4.78 is 19.6. The number of ether oxygens (including phenoxy) is 1. The number of aromatic nitrogens is 1. The summed E-state index contributed by atoms with van der Waals surface area (Å²) in [5.41, 5.74) is 7.05. The third-order valence-corrected chi connectivity index (χ3v) is 5.19. The molecule has 1 atom stereocenters. The minimum absolute atomic E-state index is 0.00227. The van der Waals surface area contributed by atoms with E-state index in [2.05, 4.69) is 22.1 Å². The van der Waals surface area contributed by atoms with Crippen LogP contribution < -0.4 is 11.1 Å². The summed E-state index contributed by atoms with van der Waals surface area (Å²) >= 11 is 0. The fourth-order valence-electron chi connectivity index (χ4n) is 3.38. The molecule has 4 rings (SSSR count). The third-order valence-electron chi connectivity index (χ3n) is 5.19. The molecule has 2 aliphatic heterocycles. The van der Waals surface area contributed by atoms with Crippen molar-refractivity contribution in [2.75, 3.05) is 32.1 Å². The summed E-state index contributed by atoms with van der Waals surface area (Å²) in [5, 5.41) is 3.15. The lowest BCUT2D eigenvalue weighted by Gasteiger charge is -2.28. The van der Waals surface area contributed by atoms with Gasteiger partial charge in [0.1, 0.15) is 11.7 Å². The highest BCUT2D eigenvalue weighted by molar-refractivity contribution is 5.97. The number of primary amides is 1. The zero-order chi connectivity index (χ0) is 21.3. The lowest BCUT2D eigenvalue weighted by atomic mass is 10.0. The Morgan fingerprint density at radius 2 is 2.13 bits per heavy atom. The maximum Gasteiger partial charge on any atom is 0.269 e. The summed E-state index contributed by atoms with van der Waals surface area (Å²) in [4.78, 5) is 29.8. The first kappa shape index (κ1) is 19.9. The molecule has 0 saturated carbocycles. The first-order chi connectivity index (χ1) is 14.4. The van der Waals surface area contributed by atoms with E-state index in [-0.39, 0.29) is 34.8 Å². The number of carbonyl (C=O) groups is 2. The number of carbonyl (C=O) groups excluding carboxylic acids is 2. The number of likely N-dealkylation sites (tertiary alicyclic amines) is 1. The fourth-order valence-corrected chi connectivity index (χ4v) is 3.38. The van der Waals surface area contributed by atoms with Gasteiger partial charge in [-0.25, -0.2) is 9.37 Å². The average Bonchev–Trinajstić information content (AvgIpc) is 3.02. The number of amides is 2. The van der Waals surface area contributed by atoms with E-state index in [4.69, 9.17) is 10.5 Å². The van der Waals surface area contributed by atoms with E-state index < -0.39 is 11.7 Å². The molecule has 1 unspecified atom stereocenters. The van der Waals surface area contributed by atoms with Crippen molar-refractivity contribution < 1.29 is 18.7 Å². The highest BCUT2D eigenvalue weighted by Crippen LogP contribution is 2.26. The van der Waals surface area contributed by atoms with Crippen molar-refractivity contribution in [2.24, 2.45) is 11.7 Å². The van der Waals surface area contributed by atoms with E-state index in [1.54, 1.807) is 36.2 Å². The van der Waals surface area contributed by atoms with Gasteiger partial charge in [-0.2, -0.15) is 0 Å². The molecule has 2 aromatic rings. The van der Waals surface area contributed by atoms with Gasteiger partial charge in [0, 0.05) is 24.7 Å². The Hall–Kier alpha value is -3.44. The van der Waals surface area contributed by atoms with Gasteiger partial charge in [-0.15, -0.1) is 0 Å². The predicted octanol–water partition coefficient (Wildman–Crippen LogP) is 1.63. The molecule has 2 aliphatic rings. The van der Waals surface area contributed by atoms with Gasteiger partial charge in [0.25, 0.3) is 5.91 Å². The van der Waals surface area contributed by atoms with E-state index in [1.165, 1.54) is 6.07 Å². The van der Waals surface area contributed by atoms with Crippen molar-refractivity contribution in [3.8, 4) is 23.1 Å². The molecule has 1 aromatic carbocycles. The number of hydrogen-bond acceptors (Lipinski definition) is 5. The van der Waals surface area contributed by atoms with E-state index in [9.17, 15) is 14.0 Å². The molecule has 1 aromatic heterocycles. The average molecular weight is 408 g/mol. The second kappa shape index (κ2) is 8.13. The molecular formula is C22H21FN4O3. The van der Waals surface area contributed by atoms with Crippen molar-refractivity contribution >= 4 is 17.5 Å². The second-order valence-corrected chi connectivity index (χ2v) is 7.40. The van der Waals surface area contributed by atoms with E-state index in [0.29, 0.717) is 37.4 Å². The van der Waals surface area contributed by atoms with Gasteiger partial charge >= 0.3 is 0 Å². The Bertz CT molecular complexity index is 1070. The lowest BCUT2D eigenvalue weighted by molar-refractivity contribution is -0.128. The topological polar surface area (TPSA) is 97.6 Å². The Labute approximate surface area is 173 Å². The summed E-state index contributed by atoms with van der Waals surface area (Å²) in [6, 6.07) is 7.78. The lowest BCUT2D eigenvalue weighted by Crippen LogP contribution is -2.40. The van der Waals surface area contributed by atoms with Crippen molar-refractivity contribution in [2.45, 2.75) is 12.5 Å². The van der Waals surface area contributed by atoms with Gasteiger partial charge in [-0.05, 0) is 36.8 Å². The van der Waals surface area contributed by atoms with E-state index >= 15 is 0 Å². The second-order valence-electron chi connectivity index (χ2n) is 7.40. The Kier molecular flexibility index (Phi) is 5.38. The van der Waals surface area contributed by atoms with Gasteiger partial charge < -0.3 is 20.7 Å². The molecule has 0 spiro atoms. The number of anilines is 1. The minimum atomic E-state index is -0.709. The van der Waals surface area contributed by atoms with E-state index in [0.717, 1.165) is 0 Å². The molecule has 2 fully saturated rings. The SMILES string of the molecule is CN1CCC(C#Cc2ccc(F)c(-c3ccc(NC4COC4)c(C(N)=O)n3)c2)C1=O. The van der Waals surface area contributed by atoms with Crippen LogP contribution >= 0.6 is 0 Å². The van der Waals surface area contributed by atoms with Gasteiger partial charge in [-0.3, -0.25) is 9.59 Å². The van der Waals surface area contributed by atoms with Crippen LogP contribution in [-0.2, 0) is 9.53 Å². The molecule has 0 bridgehead atoms. The number of halogens is 1. The van der Waals surface area contributed by atoms with Crippen LogP contribution in [0.25, 0.3) is 11.3 Å². The van der Waals surface area contributed by atoms with Crippen LogP contribution in [0.5, 0.6) is 0 Å². The quantitative estimate of drug-likeness (QED) is 0.750. The summed E-state index contributed by atoms with van der Waals surface area (Å²) in [6.45, 7) is 1.75. The highest BCUT2D eigenvalue weighted by Gasteiger charge is 2.27. The van der Waals surface area contributed by atoms with E-state index in [1.807, 2.05) is 0 Å². The maximum atomic E-state index is 14.5. The fraction of sp³-hybridized carbons (Fsp3) is 0.318. The van der Waals surface area contributed by atoms with Gasteiger partial charge in [0.2, 0.25) is 5.91 Å². The van der Waals surface area contributed by atoms with Crippen molar-refractivity contribution in [3.63, 3.8) is 0 Å². The van der Waals surface area contributed by atoms with Gasteiger partial charge in [0.15, 0.2) is 5.69 Å². The Morgan fingerprint density at radius 3 is 2.77 bits per heavy atom. The molecule has 7 nitrogen and oxygen atoms in total. The number of pyridine rings is 1. The van der Waals surface area contributed by atoms with Crippen molar-refractivity contribution in [3.05, 3.63) is 47.4 Å². The van der Waals surface area contributed by atoms with Crippen molar-refractivity contribution in [1.29, 1.82) is 0 Å². The normalized spacial score (nSPS) is 18.5. The highest BCUT2D eigenvalue weighted by atomic mass is 19.1. The molecule has 2 amide bonds. The minimum Gasteiger partial charge on any atom is -0.377 e. The van der Waals surface area contributed by atoms with Crippen LogP contribution in [0, 0.1) is 23.6 Å². The summed E-state index contributed by atoms with van der Waals surface area (Å²) in [5.74, 6) is 4.38. The van der Waals surface area contributed by atoms with Crippen LogP contribution in [0.15, 0.2) is 30.3 Å². The number of rotatable bonds is 4. The van der Waals surface area contributed by atoms with Crippen LogP contribution in [-0.4, -0.2) is 54.5 Å². The molecule has 154 valence electrons. The summed E-state index contributed by atoms with van der Waals surface area (Å²) in [6.07, 6.45) is 0.681. The molecule has 0 aliphatic carbocycles. The van der Waals surface area contributed by atoms with Crippen molar-refractivity contribution in [1.82, 2.24) is 9.88 Å². The molecular weight excluding hydrogens is 387 g/mol. The number of nitrogens with two attached hydrogens (primary N) is 1. The first-order valence-electron chi connectivity index (χ1n) is 9.64. The first-order valence-corrected chi connectivity index (χ1v) is 9.64. The molecule has 2 saturated heterocycles. The zero-order valence-corrected chi connectivity index (χ0v) is 16.4. The molecule has 8 heteroatoms. The summed E-state index contributed by atoms with van der Waals surface area (Å²) in [7, 11) is 1.75. The maximum absolute atomic E-state index is 14.5. The smallest absolute Gasteiger partial charge is 0.269 e. The van der Waals surface area contributed by atoms with Crippen LogP contribution in [0.3, 0.4) is 0 Å².